The number of carbonyl (C=O) groups is 1. The van der Waals surface area contributed by atoms with Crippen LogP contribution in [0.25, 0.3) is 0 Å². The molecule has 1 amide bonds. The van der Waals surface area contributed by atoms with Crippen LogP contribution in [0.5, 0.6) is 0 Å². The summed E-state index contributed by atoms with van der Waals surface area (Å²) < 4.78 is 0. The monoisotopic (exact) mass is 239 g/mol. The van der Waals surface area contributed by atoms with Gasteiger partial charge in [-0.05, 0) is 26.0 Å². The third-order valence-electron chi connectivity index (χ3n) is 1.71. The number of amides is 1. The lowest BCUT2D eigenvalue weighted by Gasteiger charge is -2.02. The molecule has 0 aromatic heterocycles. The number of rotatable bonds is 1. The van der Waals surface area contributed by atoms with E-state index in [1.807, 2.05) is 45.9 Å². The predicted octanol–water partition coefficient (Wildman–Crippen LogP) is 4.35. The van der Waals surface area contributed by atoms with E-state index < -0.39 is 0 Å². The zero-order chi connectivity index (χ0) is 13.8. The van der Waals surface area contributed by atoms with Crippen LogP contribution in [0.4, 0.5) is 0 Å². The zero-order valence-corrected chi connectivity index (χ0v) is 12.3. The highest BCUT2D eigenvalue weighted by Crippen LogP contribution is 2.08. The summed E-state index contributed by atoms with van der Waals surface area (Å²) in [6, 6.07) is 5.81. The topological polar surface area (TPSA) is 29.1 Å². The molecule has 100 valence electrons. The fraction of sp³-hybridized carbons (Fsp3) is 0.533. The molecule has 0 saturated heterocycles. The van der Waals surface area contributed by atoms with E-state index in [2.05, 4.69) is 19.2 Å². The van der Waals surface area contributed by atoms with E-state index in [9.17, 15) is 4.79 Å². The molecule has 2 nitrogen and oxygen atoms in total. The second-order valence-electron chi connectivity index (χ2n) is 3.66. The number of aryl methyl sites for hydroxylation is 2. The number of nitrogens with one attached hydrogen (secondary N) is 1. The molecule has 0 radical (unpaired) electrons. The molecule has 0 aliphatic heterocycles. The summed E-state index contributed by atoms with van der Waals surface area (Å²) in [5.41, 5.74) is 2.97. The minimum Gasteiger partial charge on any atom is -0.355 e. The molecule has 0 unspecified atom stereocenters. The molecule has 17 heavy (non-hydrogen) atoms. The van der Waals surface area contributed by atoms with E-state index in [0.29, 0.717) is 0 Å². The molecule has 1 N–H and O–H groups in total. The van der Waals surface area contributed by atoms with E-state index in [1.54, 1.807) is 7.05 Å². The maximum absolute atomic E-state index is 11.2. The molecule has 0 bridgehead atoms. The van der Waals surface area contributed by atoms with Gasteiger partial charge in [0.1, 0.15) is 0 Å². The first kappa shape index (κ1) is 18.1. The third kappa shape index (κ3) is 8.49. The maximum Gasteiger partial charge on any atom is 0.251 e. The van der Waals surface area contributed by atoms with E-state index in [1.165, 1.54) is 6.42 Å². The normalized spacial score (nSPS) is 8.18. The Hall–Kier alpha value is -1.31. The molecule has 0 fully saturated rings. The lowest BCUT2D eigenvalue weighted by molar-refractivity contribution is 0.0963. The lowest BCUT2D eigenvalue weighted by atomic mass is 10.1. The average molecular weight is 239 g/mol. The van der Waals surface area contributed by atoms with Crippen molar-refractivity contribution in [2.24, 2.45) is 0 Å². The average Bonchev–Trinajstić information content (AvgIpc) is 2.30. The van der Waals surface area contributed by atoms with Crippen LogP contribution < -0.4 is 5.32 Å². The van der Waals surface area contributed by atoms with E-state index in [-0.39, 0.29) is 7.33 Å². The SMILES string of the molecule is CC.CCC.CNC(=O)c1cc(C)cc(C)c1.[HH]. The Morgan fingerprint density at radius 1 is 1.12 bits per heavy atom. The Labute approximate surface area is 108 Å². The minimum atomic E-state index is -0.0261. The largest absolute Gasteiger partial charge is 0.355 e. The fourth-order valence-electron chi connectivity index (χ4n) is 1.25. The summed E-state index contributed by atoms with van der Waals surface area (Å²) >= 11 is 0. The van der Waals surface area contributed by atoms with Gasteiger partial charge in [-0.1, -0.05) is 51.3 Å². The van der Waals surface area contributed by atoms with Gasteiger partial charge in [-0.15, -0.1) is 0 Å². The summed E-state index contributed by atoms with van der Waals surface area (Å²) in [7, 11) is 1.64. The van der Waals surface area contributed by atoms with Gasteiger partial charge in [0, 0.05) is 14.0 Å². The Kier molecular flexibility index (Phi) is 11.9. The lowest BCUT2D eigenvalue weighted by Crippen LogP contribution is -2.17. The van der Waals surface area contributed by atoms with Crippen molar-refractivity contribution in [1.29, 1.82) is 0 Å². The first-order chi connectivity index (χ1) is 8.04. The van der Waals surface area contributed by atoms with Gasteiger partial charge in [0.25, 0.3) is 5.91 Å². The van der Waals surface area contributed by atoms with Crippen molar-refractivity contribution in [3.05, 3.63) is 34.9 Å². The maximum atomic E-state index is 11.2. The van der Waals surface area contributed by atoms with Gasteiger partial charge in [0.2, 0.25) is 0 Å². The van der Waals surface area contributed by atoms with Crippen LogP contribution in [-0.2, 0) is 0 Å². The molecule has 0 aliphatic rings. The molecule has 2 heteroatoms. The predicted molar refractivity (Wildman–Crippen MR) is 78.7 cm³/mol. The van der Waals surface area contributed by atoms with Gasteiger partial charge in [-0.2, -0.15) is 0 Å². The highest BCUT2D eigenvalue weighted by molar-refractivity contribution is 5.94. The Balaban J connectivity index is -0.000000329. The third-order valence-corrected chi connectivity index (χ3v) is 1.71. The Bertz CT molecular complexity index is 304. The second-order valence-corrected chi connectivity index (χ2v) is 3.66. The van der Waals surface area contributed by atoms with E-state index in [4.69, 9.17) is 0 Å². The van der Waals surface area contributed by atoms with E-state index >= 15 is 0 Å². The van der Waals surface area contributed by atoms with Crippen LogP contribution in [-0.4, -0.2) is 13.0 Å². The molecule has 1 aromatic carbocycles. The number of carbonyl (C=O) groups excluding carboxylic acids is 1. The van der Waals surface area contributed by atoms with Gasteiger partial charge in [0.15, 0.2) is 0 Å². The molecule has 0 aliphatic carbocycles. The molecule has 0 spiro atoms. The first-order valence-corrected chi connectivity index (χ1v) is 6.35. The Morgan fingerprint density at radius 2 is 1.47 bits per heavy atom. The summed E-state index contributed by atoms with van der Waals surface area (Å²) in [5, 5.41) is 2.60. The minimum absolute atomic E-state index is 0. The summed E-state index contributed by atoms with van der Waals surface area (Å²) in [6.07, 6.45) is 1.25. The molecule has 0 saturated carbocycles. The van der Waals surface area contributed by atoms with Gasteiger partial charge in [0.05, 0.1) is 0 Å². The van der Waals surface area contributed by atoms with Crippen LogP contribution in [0.3, 0.4) is 0 Å². The highest BCUT2D eigenvalue weighted by atomic mass is 16.1. The molecular formula is C15H29NO. The van der Waals surface area contributed by atoms with Crippen LogP contribution in [0.15, 0.2) is 18.2 Å². The standard InChI is InChI=1S/C10H13NO.C3H8.C2H6.H2/c1-7-4-8(2)6-9(5-7)10(12)11-3;1-3-2;1-2;/h4-6H,1-3H3,(H,11,12);3H2,1-2H3;1-2H3;1H. The van der Waals surface area contributed by atoms with Crippen molar-refractivity contribution in [1.82, 2.24) is 5.32 Å². The summed E-state index contributed by atoms with van der Waals surface area (Å²) in [6.45, 7) is 12.2. The highest BCUT2D eigenvalue weighted by Gasteiger charge is 2.02. The molecule has 0 heterocycles. The zero-order valence-electron chi connectivity index (χ0n) is 12.3. The van der Waals surface area contributed by atoms with Crippen molar-refractivity contribution >= 4 is 5.91 Å². The molecule has 0 atom stereocenters. The van der Waals surface area contributed by atoms with Crippen molar-refractivity contribution in [2.45, 2.75) is 48.0 Å². The summed E-state index contributed by atoms with van der Waals surface area (Å²) in [4.78, 5) is 11.2. The van der Waals surface area contributed by atoms with Crippen molar-refractivity contribution in [3.63, 3.8) is 0 Å². The van der Waals surface area contributed by atoms with Crippen molar-refractivity contribution in [3.8, 4) is 0 Å². The number of benzene rings is 1. The second kappa shape index (κ2) is 11.2. The first-order valence-electron chi connectivity index (χ1n) is 6.35. The van der Waals surface area contributed by atoms with Crippen molar-refractivity contribution < 1.29 is 6.22 Å². The van der Waals surface area contributed by atoms with Crippen LogP contribution >= 0.6 is 0 Å². The number of hydrogen-bond acceptors (Lipinski definition) is 1. The quantitative estimate of drug-likeness (QED) is 0.775. The molecule has 1 aromatic rings. The van der Waals surface area contributed by atoms with Crippen LogP contribution in [0.1, 0.15) is 57.0 Å². The molecule has 1 rings (SSSR count). The van der Waals surface area contributed by atoms with E-state index in [0.717, 1.165) is 16.7 Å². The molecular weight excluding hydrogens is 210 g/mol. The van der Waals surface area contributed by atoms with Gasteiger partial charge < -0.3 is 5.32 Å². The summed E-state index contributed by atoms with van der Waals surface area (Å²) in [5.74, 6) is -0.0261. The van der Waals surface area contributed by atoms with Gasteiger partial charge in [-0.25, -0.2) is 0 Å². The van der Waals surface area contributed by atoms with Crippen LogP contribution in [0, 0.1) is 13.8 Å². The van der Waals surface area contributed by atoms with Crippen molar-refractivity contribution in [2.75, 3.05) is 7.05 Å². The van der Waals surface area contributed by atoms with Gasteiger partial charge in [-0.3, -0.25) is 4.79 Å². The van der Waals surface area contributed by atoms with Crippen LogP contribution in [0.2, 0.25) is 0 Å². The fourth-order valence-corrected chi connectivity index (χ4v) is 1.25. The Morgan fingerprint density at radius 3 is 1.76 bits per heavy atom. The smallest absolute Gasteiger partial charge is 0.251 e. The number of hydrogen-bond donors (Lipinski definition) is 1. The van der Waals surface area contributed by atoms with Gasteiger partial charge >= 0.3 is 0 Å².